The van der Waals surface area contributed by atoms with Gasteiger partial charge in [0.1, 0.15) is 11.9 Å². The van der Waals surface area contributed by atoms with Crippen molar-refractivity contribution < 1.29 is 4.74 Å². The summed E-state index contributed by atoms with van der Waals surface area (Å²) in [5, 5.41) is 9.83. The average Bonchev–Trinajstić information content (AvgIpc) is 2.71. The highest BCUT2D eigenvalue weighted by Crippen LogP contribution is 2.18. The Kier molecular flexibility index (Phi) is 2.15. The second-order valence-electron chi connectivity index (χ2n) is 2.58. The van der Waals surface area contributed by atoms with Crippen molar-refractivity contribution in [3.8, 4) is 24.0 Å². The molecule has 68 valence electrons. The predicted octanol–water partition coefficient (Wildman–Crippen LogP) is 1.58. The predicted molar refractivity (Wildman–Crippen MR) is 50.8 cm³/mol. The van der Waals surface area contributed by atoms with Gasteiger partial charge in [-0.15, -0.1) is 11.5 Å². The lowest BCUT2D eigenvalue weighted by Gasteiger charge is -2.00. The Balaban J connectivity index is 2.22. The van der Waals surface area contributed by atoms with Crippen LogP contribution in [0.5, 0.6) is 11.6 Å². The maximum Gasteiger partial charge on any atom is 0.258 e. The van der Waals surface area contributed by atoms with Crippen LogP contribution in [0.25, 0.3) is 0 Å². The van der Waals surface area contributed by atoms with Crippen molar-refractivity contribution >= 4 is 0 Å². The van der Waals surface area contributed by atoms with Crippen LogP contribution >= 0.6 is 0 Å². The molecule has 0 unspecified atom stereocenters. The zero-order valence-electron chi connectivity index (χ0n) is 7.27. The molecule has 1 N–H and O–H groups in total. The molecule has 0 fully saturated rings. The molecule has 0 bridgehead atoms. The van der Waals surface area contributed by atoms with Crippen LogP contribution in [0.2, 0.25) is 0 Å². The SMILES string of the molecule is C#Cc1cccc(Oc2cn[nH]n2)c1. The maximum atomic E-state index is 5.36. The molecule has 14 heavy (non-hydrogen) atoms. The van der Waals surface area contributed by atoms with E-state index < -0.39 is 0 Å². The Morgan fingerprint density at radius 3 is 3.07 bits per heavy atom. The molecule has 2 rings (SSSR count). The molecule has 0 atom stereocenters. The minimum atomic E-state index is 0.416. The molecule has 0 aliphatic carbocycles. The summed E-state index contributed by atoms with van der Waals surface area (Å²) < 4.78 is 5.36. The third kappa shape index (κ3) is 1.72. The molecule has 0 aliphatic rings. The fourth-order valence-electron chi connectivity index (χ4n) is 1.01. The molecule has 0 saturated heterocycles. The van der Waals surface area contributed by atoms with Crippen molar-refractivity contribution in [3.05, 3.63) is 36.0 Å². The molecule has 2 aromatic rings. The van der Waals surface area contributed by atoms with Gasteiger partial charge in [-0.25, -0.2) is 0 Å². The molecule has 0 amide bonds. The summed E-state index contributed by atoms with van der Waals surface area (Å²) >= 11 is 0. The van der Waals surface area contributed by atoms with Gasteiger partial charge in [-0.05, 0) is 18.2 Å². The Labute approximate surface area is 80.9 Å². The lowest BCUT2D eigenvalue weighted by Crippen LogP contribution is -1.84. The molecule has 0 radical (unpaired) electrons. The van der Waals surface area contributed by atoms with E-state index in [1.807, 2.05) is 12.1 Å². The van der Waals surface area contributed by atoms with Crippen LogP contribution in [0.1, 0.15) is 5.56 Å². The first-order valence-electron chi connectivity index (χ1n) is 3.99. The van der Waals surface area contributed by atoms with Gasteiger partial charge in [0, 0.05) is 5.56 Å². The first kappa shape index (κ1) is 8.32. The number of benzene rings is 1. The largest absolute Gasteiger partial charge is 0.436 e. The van der Waals surface area contributed by atoms with E-state index in [0.29, 0.717) is 11.6 Å². The summed E-state index contributed by atoms with van der Waals surface area (Å²) in [6, 6.07) is 7.21. The number of aromatic nitrogens is 3. The highest BCUT2D eigenvalue weighted by atomic mass is 16.5. The number of aromatic amines is 1. The van der Waals surface area contributed by atoms with Gasteiger partial charge in [-0.2, -0.15) is 10.3 Å². The smallest absolute Gasteiger partial charge is 0.258 e. The van der Waals surface area contributed by atoms with E-state index in [2.05, 4.69) is 21.3 Å². The van der Waals surface area contributed by atoms with E-state index in [1.165, 1.54) is 6.20 Å². The first-order chi connectivity index (χ1) is 6.88. The zero-order valence-corrected chi connectivity index (χ0v) is 7.27. The van der Waals surface area contributed by atoms with E-state index in [-0.39, 0.29) is 0 Å². The van der Waals surface area contributed by atoms with Crippen molar-refractivity contribution in [3.63, 3.8) is 0 Å². The Bertz CT molecular complexity index is 456. The van der Waals surface area contributed by atoms with Crippen LogP contribution < -0.4 is 4.74 Å². The van der Waals surface area contributed by atoms with E-state index >= 15 is 0 Å². The van der Waals surface area contributed by atoms with Crippen LogP contribution in [0.15, 0.2) is 30.5 Å². The van der Waals surface area contributed by atoms with E-state index in [0.717, 1.165) is 5.56 Å². The Morgan fingerprint density at radius 1 is 1.43 bits per heavy atom. The van der Waals surface area contributed by atoms with Crippen LogP contribution in [0.4, 0.5) is 0 Å². The number of hydrogen-bond donors (Lipinski definition) is 1. The minimum absolute atomic E-state index is 0.416. The fourth-order valence-corrected chi connectivity index (χ4v) is 1.01. The summed E-state index contributed by atoms with van der Waals surface area (Å²) in [5.74, 6) is 3.59. The number of terminal acetylenes is 1. The third-order valence-electron chi connectivity index (χ3n) is 1.62. The van der Waals surface area contributed by atoms with E-state index in [4.69, 9.17) is 11.2 Å². The second kappa shape index (κ2) is 3.62. The average molecular weight is 185 g/mol. The van der Waals surface area contributed by atoms with Crippen LogP contribution in [-0.4, -0.2) is 15.4 Å². The van der Waals surface area contributed by atoms with Crippen LogP contribution in [0, 0.1) is 12.3 Å². The molecule has 4 nitrogen and oxygen atoms in total. The lowest BCUT2D eigenvalue weighted by molar-refractivity contribution is 0.461. The standard InChI is InChI=1S/C10H7N3O/c1-2-8-4-3-5-9(6-8)14-10-7-11-13-12-10/h1,3-7H,(H,11,12,13). The van der Waals surface area contributed by atoms with Crippen molar-refractivity contribution in [1.29, 1.82) is 0 Å². The normalized spacial score (nSPS) is 9.36. The number of nitrogens with zero attached hydrogens (tertiary/aromatic N) is 2. The summed E-state index contributed by atoms with van der Waals surface area (Å²) in [5.41, 5.74) is 0.769. The topological polar surface area (TPSA) is 50.8 Å². The molecule has 1 aromatic heterocycles. The number of hydrogen-bond acceptors (Lipinski definition) is 3. The lowest BCUT2D eigenvalue weighted by atomic mass is 10.2. The zero-order chi connectivity index (χ0) is 9.80. The summed E-state index contributed by atoms with van der Waals surface area (Å²) in [6.07, 6.45) is 6.74. The van der Waals surface area contributed by atoms with Gasteiger partial charge < -0.3 is 4.74 Å². The Hall–Kier alpha value is -2.28. The number of ether oxygens (including phenoxy) is 1. The highest BCUT2D eigenvalue weighted by Gasteiger charge is 1.99. The summed E-state index contributed by atoms with van der Waals surface area (Å²) in [6.45, 7) is 0. The molecule has 1 heterocycles. The van der Waals surface area contributed by atoms with Gasteiger partial charge in [0.25, 0.3) is 5.88 Å². The second-order valence-corrected chi connectivity index (χ2v) is 2.58. The van der Waals surface area contributed by atoms with Crippen molar-refractivity contribution in [1.82, 2.24) is 15.4 Å². The number of rotatable bonds is 2. The highest BCUT2D eigenvalue weighted by molar-refractivity contribution is 5.39. The molecular weight excluding hydrogens is 178 g/mol. The van der Waals surface area contributed by atoms with Gasteiger partial charge in [0.2, 0.25) is 0 Å². The molecule has 1 aromatic carbocycles. The monoisotopic (exact) mass is 185 g/mol. The fraction of sp³-hybridized carbons (Fsp3) is 0. The van der Waals surface area contributed by atoms with Crippen molar-refractivity contribution in [2.75, 3.05) is 0 Å². The third-order valence-corrected chi connectivity index (χ3v) is 1.62. The van der Waals surface area contributed by atoms with Gasteiger partial charge in [0.05, 0.1) is 0 Å². The summed E-state index contributed by atoms with van der Waals surface area (Å²) in [4.78, 5) is 0. The van der Waals surface area contributed by atoms with Gasteiger partial charge in [-0.1, -0.05) is 12.0 Å². The minimum Gasteiger partial charge on any atom is -0.436 e. The van der Waals surface area contributed by atoms with Gasteiger partial charge in [-0.3, -0.25) is 0 Å². The molecular formula is C10H7N3O. The van der Waals surface area contributed by atoms with E-state index in [1.54, 1.807) is 12.1 Å². The van der Waals surface area contributed by atoms with Crippen LogP contribution in [0.3, 0.4) is 0 Å². The quantitative estimate of drug-likeness (QED) is 0.722. The van der Waals surface area contributed by atoms with Crippen molar-refractivity contribution in [2.45, 2.75) is 0 Å². The molecule has 0 spiro atoms. The van der Waals surface area contributed by atoms with Crippen LogP contribution in [-0.2, 0) is 0 Å². The van der Waals surface area contributed by atoms with Crippen molar-refractivity contribution in [2.24, 2.45) is 0 Å². The number of H-pyrrole nitrogens is 1. The Morgan fingerprint density at radius 2 is 2.36 bits per heavy atom. The molecule has 0 aliphatic heterocycles. The van der Waals surface area contributed by atoms with E-state index in [9.17, 15) is 0 Å². The summed E-state index contributed by atoms with van der Waals surface area (Å²) in [7, 11) is 0. The van der Waals surface area contributed by atoms with Gasteiger partial charge in [0.15, 0.2) is 0 Å². The molecule has 4 heteroatoms. The maximum absolute atomic E-state index is 5.36. The molecule has 0 saturated carbocycles. The van der Waals surface area contributed by atoms with Gasteiger partial charge >= 0.3 is 0 Å². The first-order valence-corrected chi connectivity index (χ1v) is 3.99. The number of nitrogens with one attached hydrogen (secondary N) is 1.